The standard InChI is InChI=1S/C16H25NS/c1-11(2)14-9-17-8-13-6-5-7-18-10-15(12(3)4)16(13)14/h8-9,11-12,15H,5-7,10H2,1-4H3. The second-order valence-electron chi connectivity index (χ2n) is 5.99. The van der Waals surface area contributed by atoms with Crippen LogP contribution in [0.15, 0.2) is 12.4 Å². The Morgan fingerprint density at radius 2 is 2.00 bits per heavy atom. The molecule has 1 aromatic heterocycles. The third-order valence-corrected chi connectivity index (χ3v) is 5.10. The fourth-order valence-electron chi connectivity index (χ4n) is 2.83. The summed E-state index contributed by atoms with van der Waals surface area (Å²) in [6.07, 6.45) is 6.72. The van der Waals surface area contributed by atoms with E-state index < -0.39 is 0 Å². The van der Waals surface area contributed by atoms with E-state index in [1.807, 2.05) is 0 Å². The lowest BCUT2D eigenvalue weighted by Crippen LogP contribution is -2.18. The third kappa shape index (κ3) is 2.90. The van der Waals surface area contributed by atoms with Gasteiger partial charge in [0.25, 0.3) is 0 Å². The second-order valence-corrected chi connectivity index (χ2v) is 7.14. The predicted octanol–water partition coefficient (Wildman–Crippen LogP) is 4.62. The van der Waals surface area contributed by atoms with Crippen molar-refractivity contribution in [3.63, 3.8) is 0 Å². The largest absolute Gasteiger partial charge is 0.264 e. The van der Waals surface area contributed by atoms with Gasteiger partial charge in [-0.15, -0.1) is 0 Å². The Morgan fingerprint density at radius 3 is 2.67 bits per heavy atom. The van der Waals surface area contributed by atoms with Crippen LogP contribution in [-0.2, 0) is 6.42 Å². The Kier molecular flexibility index (Phi) is 4.71. The van der Waals surface area contributed by atoms with E-state index in [1.165, 1.54) is 35.5 Å². The summed E-state index contributed by atoms with van der Waals surface area (Å²) in [5.41, 5.74) is 4.62. The minimum Gasteiger partial charge on any atom is -0.264 e. The smallest absolute Gasteiger partial charge is 0.0305 e. The van der Waals surface area contributed by atoms with Crippen LogP contribution in [0.3, 0.4) is 0 Å². The van der Waals surface area contributed by atoms with Crippen molar-refractivity contribution in [3.05, 3.63) is 29.1 Å². The van der Waals surface area contributed by atoms with E-state index in [4.69, 9.17) is 0 Å². The molecule has 0 saturated heterocycles. The molecule has 0 bridgehead atoms. The number of rotatable bonds is 2. The number of pyridine rings is 1. The predicted molar refractivity (Wildman–Crippen MR) is 81.6 cm³/mol. The molecule has 1 aliphatic heterocycles. The highest BCUT2D eigenvalue weighted by atomic mass is 32.2. The highest BCUT2D eigenvalue weighted by molar-refractivity contribution is 7.99. The van der Waals surface area contributed by atoms with Crippen LogP contribution in [0.4, 0.5) is 0 Å². The van der Waals surface area contributed by atoms with Crippen molar-refractivity contribution in [3.8, 4) is 0 Å². The summed E-state index contributed by atoms with van der Waals surface area (Å²) in [6.45, 7) is 9.31. The van der Waals surface area contributed by atoms with E-state index in [1.54, 1.807) is 5.56 Å². The lowest BCUT2D eigenvalue weighted by molar-refractivity contribution is 0.528. The van der Waals surface area contributed by atoms with Crippen LogP contribution in [0.25, 0.3) is 0 Å². The maximum atomic E-state index is 4.48. The number of hydrogen-bond donors (Lipinski definition) is 0. The van der Waals surface area contributed by atoms with E-state index in [-0.39, 0.29) is 0 Å². The van der Waals surface area contributed by atoms with Crippen molar-refractivity contribution in [2.24, 2.45) is 5.92 Å². The van der Waals surface area contributed by atoms with E-state index in [9.17, 15) is 0 Å². The van der Waals surface area contributed by atoms with Crippen LogP contribution in [0.5, 0.6) is 0 Å². The second kappa shape index (κ2) is 6.10. The summed E-state index contributed by atoms with van der Waals surface area (Å²) in [4.78, 5) is 4.48. The molecule has 2 rings (SSSR count). The first-order chi connectivity index (χ1) is 8.61. The average Bonchev–Trinajstić information content (AvgIpc) is 2.28. The number of thioether (sulfide) groups is 1. The first-order valence-corrected chi connectivity index (χ1v) is 8.31. The molecule has 0 amide bonds. The third-order valence-electron chi connectivity index (χ3n) is 3.93. The number of fused-ring (bicyclic) bond motifs is 1. The first-order valence-electron chi connectivity index (χ1n) is 7.15. The molecule has 0 N–H and O–H groups in total. The van der Waals surface area contributed by atoms with Crippen LogP contribution in [0, 0.1) is 5.92 Å². The van der Waals surface area contributed by atoms with Gasteiger partial charge in [0.05, 0.1) is 0 Å². The SMILES string of the molecule is CC(C)c1cncc2c1C(C(C)C)CSCCC2. The van der Waals surface area contributed by atoms with Crippen LogP contribution in [0.2, 0.25) is 0 Å². The molecule has 1 aromatic rings. The molecule has 0 saturated carbocycles. The van der Waals surface area contributed by atoms with E-state index >= 15 is 0 Å². The van der Waals surface area contributed by atoms with Gasteiger partial charge in [-0.1, -0.05) is 27.7 Å². The molecule has 1 atom stereocenters. The Labute approximate surface area is 116 Å². The Hall–Kier alpha value is -0.500. The Balaban J connectivity index is 2.51. The summed E-state index contributed by atoms with van der Waals surface area (Å²) in [5, 5.41) is 0. The molecule has 0 aromatic carbocycles. The van der Waals surface area contributed by atoms with Gasteiger partial charge in [0.2, 0.25) is 0 Å². The summed E-state index contributed by atoms with van der Waals surface area (Å²) >= 11 is 2.13. The summed E-state index contributed by atoms with van der Waals surface area (Å²) < 4.78 is 0. The van der Waals surface area contributed by atoms with Crippen molar-refractivity contribution in [1.82, 2.24) is 4.98 Å². The minimum atomic E-state index is 0.582. The molecule has 0 fully saturated rings. The fourth-order valence-corrected chi connectivity index (χ4v) is 4.15. The van der Waals surface area contributed by atoms with Gasteiger partial charge in [-0.25, -0.2) is 0 Å². The number of aryl methyl sites for hydroxylation is 1. The lowest BCUT2D eigenvalue weighted by Gasteiger charge is -2.29. The molecule has 100 valence electrons. The summed E-state index contributed by atoms with van der Waals surface area (Å²) in [5.74, 6) is 4.57. The topological polar surface area (TPSA) is 12.9 Å². The van der Waals surface area contributed by atoms with Gasteiger partial charge in [-0.2, -0.15) is 11.8 Å². The maximum Gasteiger partial charge on any atom is 0.0305 e. The molecular formula is C16H25NS. The Morgan fingerprint density at radius 1 is 1.22 bits per heavy atom. The van der Waals surface area contributed by atoms with Crippen molar-refractivity contribution in [2.45, 2.75) is 52.4 Å². The Bertz CT molecular complexity index is 398. The molecule has 0 aliphatic carbocycles. The maximum absolute atomic E-state index is 4.48. The van der Waals surface area contributed by atoms with Crippen molar-refractivity contribution in [2.75, 3.05) is 11.5 Å². The normalized spacial score (nSPS) is 20.7. The minimum absolute atomic E-state index is 0.582. The zero-order chi connectivity index (χ0) is 13.1. The van der Waals surface area contributed by atoms with Crippen molar-refractivity contribution < 1.29 is 0 Å². The van der Waals surface area contributed by atoms with Gasteiger partial charge >= 0.3 is 0 Å². The van der Waals surface area contributed by atoms with Crippen LogP contribution in [0.1, 0.15) is 62.6 Å². The van der Waals surface area contributed by atoms with Gasteiger partial charge in [-0.05, 0) is 53.0 Å². The molecule has 1 unspecified atom stereocenters. The van der Waals surface area contributed by atoms with E-state index in [2.05, 4.69) is 56.8 Å². The molecule has 2 heteroatoms. The van der Waals surface area contributed by atoms with Crippen LogP contribution < -0.4 is 0 Å². The van der Waals surface area contributed by atoms with E-state index in [0.717, 1.165) is 0 Å². The first kappa shape index (κ1) is 13.9. The van der Waals surface area contributed by atoms with E-state index in [0.29, 0.717) is 17.8 Å². The van der Waals surface area contributed by atoms with Crippen molar-refractivity contribution >= 4 is 11.8 Å². The molecule has 2 heterocycles. The molecule has 0 spiro atoms. The number of nitrogens with zero attached hydrogens (tertiary/aromatic N) is 1. The fraction of sp³-hybridized carbons (Fsp3) is 0.688. The highest BCUT2D eigenvalue weighted by Crippen LogP contribution is 2.37. The summed E-state index contributed by atoms with van der Waals surface area (Å²) in [6, 6.07) is 0. The molecular weight excluding hydrogens is 238 g/mol. The molecule has 1 nitrogen and oxygen atoms in total. The van der Waals surface area contributed by atoms with Gasteiger partial charge < -0.3 is 0 Å². The number of hydrogen-bond acceptors (Lipinski definition) is 2. The average molecular weight is 263 g/mol. The quantitative estimate of drug-likeness (QED) is 0.772. The molecule has 0 radical (unpaired) electrons. The van der Waals surface area contributed by atoms with Gasteiger partial charge in [-0.3, -0.25) is 4.98 Å². The van der Waals surface area contributed by atoms with Gasteiger partial charge in [0.1, 0.15) is 0 Å². The highest BCUT2D eigenvalue weighted by Gasteiger charge is 2.24. The van der Waals surface area contributed by atoms with Gasteiger partial charge in [0.15, 0.2) is 0 Å². The summed E-state index contributed by atoms with van der Waals surface area (Å²) in [7, 11) is 0. The number of aromatic nitrogens is 1. The van der Waals surface area contributed by atoms with Gasteiger partial charge in [0, 0.05) is 18.1 Å². The van der Waals surface area contributed by atoms with Crippen LogP contribution in [-0.4, -0.2) is 16.5 Å². The molecule has 1 aliphatic rings. The lowest BCUT2D eigenvalue weighted by atomic mass is 9.81. The van der Waals surface area contributed by atoms with Crippen molar-refractivity contribution in [1.29, 1.82) is 0 Å². The monoisotopic (exact) mass is 263 g/mol. The zero-order valence-corrected chi connectivity index (χ0v) is 12.9. The zero-order valence-electron chi connectivity index (χ0n) is 12.1. The van der Waals surface area contributed by atoms with Crippen LogP contribution >= 0.6 is 11.8 Å². The molecule has 18 heavy (non-hydrogen) atoms.